The van der Waals surface area contributed by atoms with E-state index in [4.69, 9.17) is 22.3 Å². The van der Waals surface area contributed by atoms with Crippen molar-refractivity contribution in [3.05, 3.63) is 33.5 Å². The van der Waals surface area contributed by atoms with Gasteiger partial charge >= 0.3 is 0 Å². The minimum atomic E-state index is 0.307. The Bertz CT molecular complexity index is 659. The lowest BCUT2D eigenvalue weighted by atomic mass is 10.1. The zero-order valence-corrected chi connectivity index (χ0v) is 13.9. The fourth-order valence-electron chi connectivity index (χ4n) is 2.52. The first kappa shape index (κ1) is 14.0. The SMILES string of the molecule is CC(C)n1c(C2CC2)nc(-c2ccc(Br)cc2Cl)c1N. The highest BCUT2D eigenvalue weighted by molar-refractivity contribution is 9.10. The first-order valence-corrected chi connectivity index (χ1v) is 7.99. The van der Waals surface area contributed by atoms with Crippen molar-refractivity contribution in [2.45, 2.75) is 38.6 Å². The van der Waals surface area contributed by atoms with Gasteiger partial charge in [-0.1, -0.05) is 33.6 Å². The summed E-state index contributed by atoms with van der Waals surface area (Å²) in [7, 11) is 0. The number of hydrogen-bond donors (Lipinski definition) is 1. The molecule has 0 atom stereocenters. The fourth-order valence-corrected chi connectivity index (χ4v) is 3.28. The van der Waals surface area contributed by atoms with E-state index in [2.05, 4.69) is 34.3 Å². The van der Waals surface area contributed by atoms with Crippen LogP contribution in [0.3, 0.4) is 0 Å². The third-order valence-corrected chi connectivity index (χ3v) is 4.43. The van der Waals surface area contributed by atoms with Crippen LogP contribution in [0.1, 0.15) is 44.5 Å². The first-order valence-electron chi connectivity index (χ1n) is 6.82. The van der Waals surface area contributed by atoms with Crippen molar-refractivity contribution in [1.29, 1.82) is 0 Å². The smallest absolute Gasteiger partial charge is 0.132 e. The molecule has 3 nitrogen and oxygen atoms in total. The normalized spacial score (nSPS) is 15.1. The fraction of sp³-hybridized carbons (Fsp3) is 0.400. The number of hydrogen-bond acceptors (Lipinski definition) is 2. The molecule has 0 aliphatic heterocycles. The van der Waals surface area contributed by atoms with Crippen LogP contribution >= 0.6 is 27.5 Å². The summed E-state index contributed by atoms with van der Waals surface area (Å²) in [5.41, 5.74) is 8.04. The largest absolute Gasteiger partial charge is 0.383 e. The second-order valence-electron chi connectivity index (χ2n) is 5.57. The molecule has 1 aliphatic rings. The van der Waals surface area contributed by atoms with E-state index in [1.54, 1.807) is 0 Å². The van der Waals surface area contributed by atoms with Gasteiger partial charge in [0.2, 0.25) is 0 Å². The molecule has 1 aromatic carbocycles. The topological polar surface area (TPSA) is 43.8 Å². The summed E-state index contributed by atoms with van der Waals surface area (Å²) in [6, 6.07) is 6.11. The van der Waals surface area contributed by atoms with Crippen LogP contribution in [0.15, 0.2) is 22.7 Å². The standard InChI is InChI=1S/C15H17BrClN3/c1-8(2)20-14(18)13(19-15(20)9-3-4-9)11-6-5-10(16)7-12(11)17/h5-9H,3-4,18H2,1-2H3. The molecule has 1 heterocycles. The number of aromatic nitrogens is 2. The van der Waals surface area contributed by atoms with Gasteiger partial charge in [-0.2, -0.15) is 0 Å². The van der Waals surface area contributed by atoms with Gasteiger partial charge < -0.3 is 10.3 Å². The van der Waals surface area contributed by atoms with Gasteiger partial charge in [0, 0.05) is 22.0 Å². The van der Waals surface area contributed by atoms with E-state index in [0.29, 0.717) is 22.8 Å². The van der Waals surface area contributed by atoms with Gasteiger partial charge in [-0.15, -0.1) is 0 Å². The minimum absolute atomic E-state index is 0.307. The molecule has 0 bridgehead atoms. The molecule has 106 valence electrons. The van der Waals surface area contributed by atoms with Crippen molar-refractivity contribution in [2.24, 2.45) is 0 Å². The summed E-state index contributed by atoms with van der Waals surface area (Å²) in [6.45, 7) is 4.27. The maximum absolute atomic E-state index is 6.34. The highest BCUT2D eigenvalue weighted by atomic mass is 79.9. The number of benzene rings is 1. The van der Waals surface area contributed by atoms with Crippen molar-refractivity contribution in [2.75, 3.05) is 5.73 Å². The molecule has 2 aromatic rings. The van der Waals surface area contributed by atoms with Gasteiger partial charge in [0.15, 0.2) is 0 Å². The summed E-state index contributed by atoms with van der Waals surface area (Å²) in [5.74, 6) is 2.38. The third-order valence-electron chi connectivity index (χ3n) is 3.62. The number of anilines is 1. The molecule has 1 aromatic heterocycles. The lowest BCUT2D eigenvalue weighted by molar-refractivity contribution is 0.576. The van der Waals surface area contributed by atoms with E-state index in [-0.39, 0.29) is 0 Å². The third kappa shape index (κ3) is 2.35. The Kier molecular flexibility index (Phi) is 3.55. The summed E-state index contributed by atoms with van der Waals surface area (Å²) < 4.78 is 3.10. The Morgan fingerprint density at radius 2 is 2.10 bits per heavy atom. The van der Waals surface area contributed by atoms with Crippen LogP contribution in [0, 0.1) is 0 Å². The average molecular weight is 355 g/mol. The van der Waals surface area contributed by atoms with Crippen molar-refractivity contribution >= 4 is 33.3 Å². The molecule has 0 saturated heterocycles. The number of nitrogen functional groups attached to an aromatic ring is 1. The number of nitrogens with two attached hydrogens (primary N) is 1. The van der Waals surface area contributed by atoms with E-state index in [1.807, 2.05) is 18.2 Å². The second kappa shape index (κ2) is 5.08. The number of halogens is 2. The molecule has 3 rings (SSSR count). The van der Waals surface area contributed by atoms with Crippen LogP contribution in [0.2, 0.25) is 5.02 Å². The molecule has 0 unspecified atom stereocenters. The van der Waals surface area contributed by atoms with Gasteiger partial charge in [-0.3, -0.25) is 0 Å². The molecule has 20 heavy (non-hydrogen) atoms. The highest BCUT2D eigenvalue weighted by Gasteiger charge is 2.32. The summed E-state index contributed by atoms with van der Waals surface area (Å²) in [6.07, 6.45) is 2.41. The average Bonchev–Trinajstić information content (AvgIpc) is 3.14. The van der Waals surface area contributed by atoms with Crippen molar-refractivity contribution in [3.8, 4) is 11.3 Å². The van der Waals surface area contributed by atoms with Crippen LogP contribution in [0.5, 0.6) is 0 Å². The Morgan fingerprint density at radius 3 is 2.65 bits per heavy atom. The Morgan fingerprint density at radius 1 is 1.40 bits per heavy atom. The van der Waals surface area contributed by atoms with Crippen LogP contribution in [-0.4, -0.2) is 9.55 Å². The molecule has 1 saturated carbocycles. The summed E-state index contributed by atoms with van der Waals surface area (Å²) in [5, 5.41) is 0.668. The maximum atomic E-state index is 6.34. The first-order chi connectivity index (χ1) is 9.49. The Labute approximate surface area is 132 Å². The van der Waals surface area contributed by atoms with Crippen molar-refractivity contribution < 1.29 is 0 Å². The van der Waals surface area contributed by atoms with Gasteiger partial charge in [-0.25, -0.2) is 4.98 Å². The zero-order valence-electron chi connectivity index (χ0n) is 11.5. The molecule has 0 spiro atoms. The van der Waals surface area contributed by atoms with Gasteiger partial charge in [0.1, 0.15) is 17.3 Å². The minimum Gasteiger partial charge on any atom is -0.383 e. The molecule has 0 radical (unpaired) electrons. The molecule has 0 amide bonds. The number of nitrogens with zero attached hydrogens (tertiary/aromatic N) is 2. The Balaban J connectivity index is 2.16. The van der Waals surface area contributed by atoms with Gasteiger partial charge in [-0.05, 0) is 38.8 Å². The molecule has 2 N–H and O–H groups in total. The lowest BCUT2D eigenvalue weighted by Gasteiger charge is -2.13. The van der Waals surface area contributed by atoms with Crippen LogP contribution < -0.4 is 5.73 Å². The van der Waals surface area contributed by atoms with E-state index in [9.17, 15) is 0 Å². The van der Waals surface area contributed by atoms with Crippen molar-refractivity contribution in [1.82, 2.24) is 9.55 Å². The molecular formula is C15H17BrClN3. The van der Waals surface area contributed by atoms with E-state index < -0.39 is 0 Å². The number of rotatable bonds is 3. The lowest BCUT2D eigenvalue weighted by Crippen LogP contribution is -2.08. The van der Waals surface area contributed by atoms with Gasteiger partial charge in [0.05, 0.1) is 5.02 Å². The number of imidazole rings is 1. The van der Waals surface area contributed by atoms with Crippen LogP contribution in [-0.2, 0) is 0 Å². The predicted molar refractivity (Wildman–Crippen MR) is 87.1 cm³/mol. The molecule has 5 heteroatoms. The predicted octanol–water partition coefficient (Wildman–Crippen LogP) is 5.01. The summed E-state index contributed by atoms with van der Waals surface area (Å²) >= 11 is 9.76. The maximum Gasteiger partial charge on any atom is 0.132 e. The quantitative estimate of drug-likeness (QED) is 0.842. The van der Waals surface area contributed by atoms with Gasteiger partial charge in [0.25, 0.3) is 0 Å². The van der Waals surface area contributed by atoms with Crippen LogP contribution in [0.25, 0.3) is 11.3 Å². The second-order valence-corrected chi connectivity index (χ2v) is 6.89. The molecular weight excluding hydrogens is 338 g/mol. The monoisotopic (exact) mass is 353 g/mol. The molecule has 1 aliphatic carbocycles. The molecule has 1 fully saturated rings. The van der Waals surface area contributed by atoms with E-state index >= 15 is 0 Å². The highest BCUT2D eigenvalue weighted by Crippen LogP contribution is 2.44. The van der Waals surface area contributed by atoms with Crippen molar-refractivity contribution in [3.63, 3.8) is 0 Å². The summed E-state index contributed by atoms with van der Waals surface area (Å²) in [4.78, 5) is 4.79. The van der Waals surface area contributed by atoms with E-state index in [1.165, 1.54) is 12.8 Å². The van der Waals surface area contributed by atoms with Crippen LogP contribution in [0.4, 0.5) is 5.82 Å². The Hall–Kier alpha value is -1.00. The zero-order chi connectivity index (χ0) is 14.4. The van der Waals surface area contributed by atoms with E-state index in [0.717, 1.165) is 21.6 Å².